The van der Waals surface area contributed by atoms with E-state index < -0.39 is 0 Å². The highest BCUT2D eigenvalue weighted by Crippen LogP contribution is 2.38. The number of hydrogen-bond acceptors (Lipinski definition) is 4. The lowest BCUT2D eigenvalue weighted by Gasteiger charge is -2.25. The molecule has 4 nitrogen and oxygen atoms in total. The summed E-state index contributed by atoms with van der Waals surface area (Å²) in [6.45, 7) is 4.31. The van der Waals surface area contributed by atoms with Gasteiger partial charge in [0.25, 0.3) is 0 Å². The summed E-state index contributed by atoms with van der Waals surface area (Å²) in [6, 6.07) is 8.08. The van der Waals surface area contributed by atoms with E-state index >= 15 is 0 Å². The first-order chi connectivity index (χ1) is 9.61. The molecule has 0 aromatic heterocycles. The Morgan fingerprint density at radius 2 is 2.05 bits per heavy atom. The van der Waals surface area contributed by atoms with Crippen molar-refractivity contribution in [3.63, 3.8) is 0 Å². The lowest BCUT2D eigenvalue weighted by Crippen LogP contribution is -2.34. The maximum atomic E-state index is 12.0. The van der Waals surface area contributed by atoms with Crippen molar-refractivity contribution in [1.29, 1.82) is 0 Å². The van der Waals surface area contributed by atoms with Crippen LogP contribution in [0.1, 0.15) is 17.9 Å². The van der Waals surface area contributed by atoms with Crippen molar-refractivity contribution in [3.8, 4) is 5.75 Å². The zero-order valence-corrected chi connectivity index (χ0v) is 13.2. The Balaban J connectivity index is 2.07. The maximum absolute atomic E-state index is 12.0. The van der Waals surface area contributed by atoms with Crippen LogP contribution >= 0.6 is 11.8 Å². The van der Waals surface area contributed by atoms with Gasteiger partial charge in [-0.25, -0.2) is 0 Å². The van der Waals surface area contributed by atoms with Crippen LogP contribution in [0.2, 0.25) is 0 Å². The topological polar surface area (TPSA) is 32.8 Å². The van der Waals surface area contributed by atoms with E-state index in [0.29, 0.717) is 12.4 Å². The van der Waals surface area contributed by atoms with Gasteiger partial charge >= 0.3 is 0 Å². The molecular formula is C15H22N2O2S. The standard InChI is InChI=1S/C15H22N2O2S/c1-4-19-13-7-5-12(6-8-13)15-17(10-9-16(2)3)14(18)11-20-15/h5-8,15H,4,9-11H2,1-3H3. The Bertz CT molecular complexity index is 448. The monoisotopic (exact) mass is 294 g/mol. The van der Waals surface area contributed by atoms with Gasteiger partial charge in [0.2, 0.25) is 5.91 Å². The number of carbonyl (C=O) groups is 1. The Labute approximate surface area is 125 Å². The third kappa shape index (κ3) is 3.67. The maximum Gasteiger partial charge on any atom is 0.233 e. The molecule has 1 fully saturated rings. The van der Waals surface area contributed by atoms with Crippen molar-refractivity contribution in [2.75, 3.05) is 39.5 Å². The van der Waals surface area contributed by atoms with Gasteiger partial charge < -0.3 is 14.5 Å². The molecule has 1 saturated heterocycles. The van der Waals surface area contributed by atoms with Crippen LogP contribution in [0.25, 0.3) is 0 Å². The Morgan fingerprint density at radius 1 is 1.35 bits per heavy atom. The number of nitrogens with zero attached hydrogens (tertiary/aromatic N) is 2. The van der Waals surface area contributed by atoms with E-state index in [1.807, 2.05) is 38.1 Å². The summed E-state index contributed by atoms with van der Waals surface area (Å²) in [5.74, 6) is 1.69. The van der Waals surface area contributed by atoms with Gasteiger partial charge in [-0.15, -0.1) is 11.8 Å². The minimum absolute atomic E-state index is 0.137. The van der Waals surface area contributed by atoms with Crippen molar-refractivity contribution in [1.82, 2.24) is 9.80 Å². The number of rotatable bonds is 6. The van der Waals surface area contributed by atoms with Crippen molar-refractivity contribution in [3.05, 3.63) is 29.8 Å². The zero-order chi connectivity index (χ0) is 14.5. The summed E-state index contributed by atoms with van der Waals surface area (Å²) in [6.07, 6.45) is 0. The van der Waals surface area contributed by atoms with Crippen molar-refractivity contribution < 1.29 is 9.53 Å². The van der Waals surface area contributed by atoms with E-state index in [9.17, 15) is 4.79 Å². The smallest absolute Gasteiger partial charge is 0.233 e. The Kier molecular flexibility index (Phi) is 5.31. The van der Waals surface area contributed by atoms with Crippen molar-refractivity contribution in [2.24, 2.45) is 0 Å². The molecule has 2 rings (SSSR count). The second-order valence-corrected chi connectivity index (χ2v) is 6.12. The molecule has 0 saturated carbocycles. The van der Waals surface area contributed by atoms with Crippen LogP contribution in [0.3, 0.4) is 0 Å². The second kappa shape index (κ2) is 6.99. The number of thioether (sulfide) groups is 1. The van der Waals surface area contributed by atoms with Crippen LogP contribution < -0.4 is 4.74 Å². The summed E-state index contributed by atoms with van der Waals surface area (Å²) in [7, 11) is 4.05. The molecule has 1 aromatic carbocycles. The van der Waals surface area contributed by atoms with Crippen LogP contribution in [0, 0.1) is 0 Å². The molecule has 0 spiro atoms. The van der Waals surface area contributed by atoms with E-state index in [0.717, 1.165) is 18.8 Å². The van der Waals surface area contributed by atoms with E-state index in [-0.39, 0.29) is 11.3 Å². The van der Waals surface area contributed by atoms with Crippen molar-refractivity contribution >= 4 is 17.7 Å². The van der Waals surface area contributed by atoms with Crippen LogP contribution in [0.15, 0.2) is 24.3 Å². The van der Waals surface area contributed by atoms with Gasteiger partial charge in [-0.3, -0.25) is 4.79 Å². The number of likely N-dealkylation sites (N-methyl/N-ethyl adjacent to an activating group) is 1. The molecule has 1 unspecified atom stereocenters. The molecule has 1 aliphatic rings. The highest BCUT2D eigenvalue weighted by molar-refractivity contribution is 8.00. The SMILES string of the molecule is CCOc1ccc(C2SCC(=O)N2CCN(C)C)cc1. The zero-order valence-electron chi connectivity index (χ0n) is 12.3. The summed E-state index contributed by atoms with van der Waals surface area (Å²) >= 11 is 1.70. The molecule has 0 aliphatic carbocycles. The Hall–Kier alpha value is -1.20. The van der Waals surface area contributed by atoms with E-state index in [2.05, 4.69) is 17.0 Å². The molecule has 0 radical (unpaired) electrons. The van der Waals surface area contributed by atoms with Crippen LogP contribution in [0.4, 0.5) is 0 Å². The molecule has 0 bridgehead atoms. The fraction of sp³-hybridized carbons (Fsp3) is 0.533. The number of hydrogen-bond donors (Lipinski definition) is 0. The Morgan fingerprint density at radius 3 is 2.65 bits per heavy atom. The number of ether oxygens (including phenoxy) is 1. The predicted molar refractivity (Wildman–Crippen MR) is 83.1 cm³/mol. The predicted octanol–water partition coefficient (Wildman–Crippen LogP) is 2.22. The lowest BCUT2D eigenvalue weighted by molar-refractivity contribution is -0.128. The molecular weight excluding hydrogens is 272 g/mol. The number of amides is 1. The second-order valence-electron chi connectivity index (χ2n) is 5.06. The summed E-state index contributed by atoms with van der Waals surface area (Å²) < 4.78 is 5.46. The molecule has 0 N–H and O–H groups in total. The lowest BCUT2D eigenvalue weighted by atomic mass is 10.2. The largest absolute Gasteiger partial charge is 0.494 e. The molecule has 5 heteroatoms. The quantitative estimate of drug-likeness (QED) is 0.805. The minimum Gasteiger partial charge on any atom is -0.494 e. The molecule has 1 atom stereocenters. The third-order valence-electron chi connectivity index (χ3n) is 3.23. The van der Waals surface area contributed by atoms with Gasteiger partial charge in [0.1, 0.15) is 11.1 Å². The highest BCUT2D eigenvalue weighted by atomic mass is 32.2. The molecule has 1 aromatic rings. The van der Waals surface area contributed by atoms with Gasteiger partial charge in [-0.1, -0.05) is 12.1 Å². The molecule has 1 aliphatic heterocycles. The van der Waals surface area contributed by atoms with E-state index in [1.54, 1.807) is 11.8 Å². The van der Waals surface area contributed by atoms with Crippen LogP contribution in [-0.2, 0) is 4.79 Å². The third-order valence-corrected chi connectivity index (χ3v) is 4.49. The fourth-order valence-corrected chi connectivity index (χ4v) is 3.39. The number of carbonyl (C=O) groups excluding carboxylic acids is 1. The molecule has 1 amide bonds. The van der Waals surface area contributed by atoms with Gasteiger partial charge in [0, 0.05) is 13.1 Å². The first-order valence-corrected chi connectivity index (χ1v) is 7.95. The minimum atomic E-state index is 0.137. The first-order valence-electron chi connectivity index (χ1n) is 6.90. The van der Waals surface area contributed by atoms with Gasteiger partial charge in [0.15, 0.2) is 0 Å². The van der Waals surface area contributed by atoms with Crippen LogP contribution in [-0.4, -0.2) is 55.3 Å². The van der Waals surface area contributed by atoms with Gasteiger partial charge in [0.05, 0.1) is 12.4 Å². The normalized spacial score (nSPS) is 18.9. The average Bonchev–Trinajstić information content (AvgIpc) is 2.79. The average molecular weight is 294 g/mol. The summed E-state index contributed by atoms with van der Waals surface area (Å²) in [5.41, 5.74) is 1.17. The van der Waals surface area contributed by atoms with Crippen molar-refractivity contribution in [2.45, 2.75) is 12.3 Å². The first kappa shape index (κ1) is 15.2. The molecule has 1 heterocycles. The van der Waals surface area contributed by atoms with E-state index in [1.165, 1.54) is 5.56 Å². The van der Waals surface area contributed by atoms with Gasteiger partial charge in [-0.05, 0) is 38.7 Å². The summed E-state index contributed by atoms with van der Waals surface area (Å²) in [5, 5.41) is 0.137. The number of benzene rings is 1. The molecule has 110 valence electrons. The van der Waals surface area contributed by atoms with E-state index in [4.69, 9.17) is 4.74 Å². The van der Waals surface area contributed by atoms with Crippen LogP contribution in [0.5, 0.6) is 5.75 Å². The summed E-state index contributed by atoms with van der Waals surface area (Å²) in [4.78, 5) is 16.1. The fourth-order valence-electron chi connectivity index (χ4n) is 2.18. The molecule has 20 heavy (non-hydrogen) atoms. The van der Waals surface area contributed by atoms with Gasteiger partial charge in [-0.2, -0.15) is 0 Å². The highest BCUT2D eigenvalue weighted by Gasteiger charge is 2.32.